The molecule has 1 unspecified atom stereocenters. The van der Waals surface area contributed by atoms with E-state index in [9.17, 15) is 23.1 Å². The van der Waals surface area contributed by atoms with Crippen molar-refractivity contribution in [2.24, 2.45) is 11.8 Å². The first-order valence-electron chi connectivity index (χ1n) is 20.1. The molecule has 0 aliphatic carbocycles. The summed E-state index contributed by atoms with van der Waals surface area (Å²) in [5.74, 6) is -2.00. The van der Waals surface area contributed by atoms with Crippen LogP contribution in [0, 0.1) is 65.5 Å². The van der Waals surface area contributed by atoms with Crippen molar-refractivity contribution < 1.29 is 45.9 Å². The number of aryl methyl sites for hydroxylation is 6. The van der Waals surface area contributed by atoms with Gasteiger partial charge in [-0.05, 0) is 78.2 Å². The van der Waals surface area contributed by atoms with Crippen molar-refractivity contribution in [3.05, 3.63) is 142 Å². The van der Waals surface area contributed by atoms with E-state index in [-0.39, 0.29) is 38.2 Å². The van der Waals surface area contributed by atoms with E-state index >= 15 is 0 Å². The van der Waals surface area contributed by atoms with Crippen molar-refractivity contribution in [3.63, 3.8) is 0 Å². The Hall–Kier alpha value is -4.65. The fraction of sp³-hybridized carbons (Fsp3) is 0.327. The van der Waals surface area contributed by atoms with Gasteiger partial charge in [-0.1, -0.05) is 96.0 Å². The van der Waals surface area contributed by atoms with E-state index in [1.165, 1.54) is 22.3 Å². The Morgan fingerprint density at radius 2 is 1.11 bits per heavy atom. The van der Waals surface area contributed by atoms with Gasteiger partial charge in [0.2, 0.25) is 0 Å². The summed E-state index contributed by atoms with van der Waals surface area (Å²) in [4.78, 5) is 20.5. The fourth-order valence-corrected chi connectivity index (χ4v) is 6.75. The molecule has 0 saturated heterocycles. The Kier molecular flexibility index (Phi) is 16.2. The van der Waals surface area contributed by atoms with Crippen LogP contribution in [0.25, 0.3) is 44.1 Å². The summed E-state index contributed by atoms with van der Waals surface area (Å²) in [5, 5.41) is 13.9. The molecule has 0 amide bonds. The Balaban J connectivity index is 0.000000235. The van der Waals surface area contributed by atoms with Gasteiger partial charge in [0.05, 0.1) is 14.9 Å². The molecule has 0 aliphatic heterocycles. The molecule has 1 radical (unpaired) electrons. The number of hydrogen-bond acceptors (Lipinski definition) is 4. The predicted octanol–water partition coefficient (Wildman–Crippen LogP) is 13.7. The molecule has 6 aromatic rings. The molecule has 8 heteroatoms. The largest absolute Gasteiger partial charge is 0.512 e. The first kappa shape index (κ1) is 43.5. The maximum Gasteiger partial charge on any atom is 0.389 e. The molecule has 4 aromatic carbocycles. The van der Waals surface area contributed by atoms with E-state index in [1.807, 2.05) is 39.8 Å². The number of allylic oxidation sites excluding steroid dienone is 2. The quantitative estimate of drug-likeness (QED) is 0.0891. The molecule has 4 nitrogen and oxygen atoms in total. The van der Waals surface area contributed by atoms with Crippen molar-refractivity contribution >= 4 is 27.3 Å². The predicted molar refractivity (Wildman–Crippen MR) is 225 cm³/mol. The van der Waals surface area contributed by atoms with Gasteiger partial charge in [0.15, 0.2) is 5.78 Å². The third kappa shape index (κ3) is 13.5. The topological polar surface area (TPSA) is 63.1 Å². The van der Waals surface area contributed by atoms with Crippen molar-refractivity contribution in [3.8, 4) is 22.5 Å². The number of alkyl halides is 3. The van der Waals surface area contributed by atoms with Crippen LogP contribution < -0.4 is 0 Å². The Morgan fingerprint density at radius 3 is 1.47 bits per heavy atom. The number of carbonyl (C=O) groups is 1. The first-order valence-corrected chi connectivity index (χ1v) is 19.1. The number of hydrogen-bond donors (Lipinski definition) is 1. The maximum absolute atomic E-state index is 12.3. The number of aliphatic hydroxyl groups excluding tert-OH is 1. The number of pyridine rings is 2. The summed E-state index contributed by atoms with van der Waals surface area (Å²) in [5.41, 5.74) is 10.6. The standard InChI is InChI=1S/2C18H16N.C13H21F3O2.Ir/c2*1-12-4-5-17-15(9-12)6-7-19-18(17)16-10-13(2)8-14(3)11-16;1-4-9(5-2)11(17)7-12(18)10(6-3)8-13(14,15)16;/h2*4-10H,1-3H3;7,9-10,18H,4-6,8H2,1-3H3;/q2*-1;;/b;;12-7-;/i2*7D;;. The van der Waals surface area contributed by atoms with E-state index in [0.717, 1.165) is 61.3 Å². The van der Waals surface area contributed by atoms with Crippen molar-refractivity contribution in [1.82, 2.24) is 9.97 Å². The van der Waals surface area contributed by atoms with Gasteiger partial charge in [0.1, 0.15) is 0 Å². The average Bonchev–Trinajstić information content (AvgIpc) is 3.12. The van der Waals surface area contributed by atoms with Gasteiger partial charge in [-0.25, -0.2) is 0 Å². The fourth-order valence-electron chi connectivity index (χ4n) is 6.75. The smallest absolute Gasteiger partial charge is 0.389 e. The summed E-state index contributed by atoms with van der Waals surface area (Å²) < 4.78 is 52.6. The molecular formula is C49H53F3IrN2O2-2. The van der Waals surface area contributed by atoms with Gasteiger partial charge in [-0.15, -0.1) is 69.8 Å². The number of ketones is 1. The van der Waals surface area contributed by atoms with Gasteiger partial charge in [0.25, 0.3) is 0 Å². The minimum absolute atomic E-state index is 0. The van der Waals surface area contributed by atoms with E-state index in [4.69, 9.17) is 2.74 Å². The maximum atomic E-state index is 12.3. The summed E-state index contributed by atoms with van der Waals surface area (Å²) in [6.45, 7) is 17.6. The van der Waals surface area contributed by atoms with E-state index in [1.54, 1.807) is 6.92 Å². The Morgan fingerprint density at radius 1 is 0.684 bits per heavy atom. The van der Waals surface area contributed by atoms with Crippen LogP contribution in [0.5, 0.6) is 0 Å². The Labute approximate surface area is 352 Å². The summed E-state index contributed by atoms with van der Waals surface area (Å²) in [6, 6.07) is 31.2. The minimum Gasteiger partial charge on any atom is -0.512 e. The molecule has 2 heterocycles. The van der Waals surface area contributed by atoms with Crippen molar-refractivity contribution in [2.45, 2.75) is 94.2 Å². The number of halogens is 3. The molecule has 1 atom stereocenters. The molecule has 303 valence electrons. The monoisotopic (exact) mass is 953 g/mol. The van der Waals surface area contributed by atoms with Crippen LogP contribution in [0.2, 0.25) is 0 Å². The molecule has 0 bridgehead atoms. The number of aromatic nitrogens is 2. The van der Waals surface area contributed by atoms with Gasteiger partial charge in [-0.2, -0.15) is 13.2 Å². The average molecular weight is 953 g/mol. The molecule has 0 fully saturated rings. The summed E-state index contributed by atoms with van der Waals surface area (Å²) >= 11 is 0. The summed E-state index contributed by atoms with van der Waals surface area (Å²) in [6.07, 6.45) is -2.47. The zero-order valence-electron chi connectivity index (χ0n) is 36.2. The molecule has 2 aromatic heterocycles. The molecule has 0 aliphatic rings. The first-order chi connectivity index (χ1) is 27.3. The zero-order chi connectivity index (χ0) is 42.9. The van der Waals surface area contributed by atoms with E-state index < -0.39 is 24.3 Å². The van der Waals surface area contributed by atoms with Gasteiger partial charge >= 0.3 is 6.18 Å². The van der Waals surface area contributed by atoms with Gasteiger partial charge < -0.3 is 15.1 Å². The van der Waals surface area contributed by atoms with Gasteiger partial charge in [0, 0.05) is 50.4 Å². The van der Waals surface area contributed by atoms with Gasteiger partial charge in [-0.3, -0.25) is 4.79 Å². The normalized spacial score (nSPS) is 12.5. The van der Waals surface area contributed by atoms with Crippen LogP contribution in [-0.4, -0.2) is 27.0 Å². The molecule has 1 N–H and O–H groups in total. The van der Waals surface area contributed by atoms with E-state index in [0.29, 0.717) is 25.2 Å². The molecule has 0 spiro atoms. The van der Waals surface area contributed by atoms with Crippen LogP contribution in [0.3, 0.4) is 0 Å². The second kappa shape index (κ2) is 21.2. The number of fused-ring (bicyclic) bond motifs is 2. The van der Waals surface area contributed by atoms with Crippen LogP contribution in [-0.2, 0) is 24.9 Å². The number of nitrogens with zero attached hydrogens (tertiary/aromatic N) is 2. The third-order valence-electron chi connectivity index (χ3n) is 9.59. The third-order valence-corrected chi connectivity index (χ3v) is 9.59. The Bertz CT molecular complexity index is 2240. The van der Waals surface area contributed by atoms with Crippen LogP contribution in [0.1, 0.15) is 82.6 Å². The van der Waals surface area contributed by atoms with Crippen molar-refractivity contribution in [1.29, 1.82) is 0 Å². The molecular weight excluding hydrogens is 898 g/mol. The van der Waals surface area contributed by atoms with Crippen LogP contribution in [0.4, 0.5) is 13.2 Å². The SMILES string of the molecule is CCC(CC)C(=O)/C=C(\O)C(CC)CC(F)(F)F.[2H]c1cc2cc(C)ccc2c(-c2[c-]c(C)cc(C)c2)n1.[2H]c1cc2cc(C)ccc2c(-c2[c-]c(C)cc(C)c2)n1.[Ir]. The second-order valence-electron chi connectivity index (χ2n) is 14.6. The van der Waals surface area contributed by atoms with Crippen LogP contribution in [0.15, 0.2) is 97.0 Å². The van der Waals surface area contributed by atoms with E-state index in [2.05, 4.69) is 110 Å². The second-order valence-corrected chi connectivity index (χ2v) is 14.6. The minimum atomic E-state index is -4.33. The molecule has 57 heavy (non-hydrogen) atoms. The van der Waals surface area contributed by atoms with Crippen molar-refractivity contribution in [2.75, 3.05) is 0 Å². The number of benzene rings is 4. The number of carbonyl (C=O) groups excluding carboxylic acids is 1. The summed E-state index contributed by atoms with van der Waals surface area (Å²) in [7, 11) is 0. The molecule has 6 rings (SSSR count). The molecule has 0 saturated carbocycles. The zero-order valence-corrected chi connectivity index (χ0v) is 36.6. The van der Waals surface area contributed by atoms with Crippen LogP contribution >= 0.6 is 0 Å². The number of rotatable bonds is 9. The number of aliphatic hydroxyl groups is 1.